The Bertz CT molecular complexity index is 1180. The molecule has 2 nitrogen and oxygen atoms in total. The highest BCUT2D eigenvalue weighted by atomic mass is 19.2. The molecule has 0 radical (unpaired) electrons. The molecular formula is C32H35F3O2. The van der Waals surface area contributed by atoms with E-state index in [-0.39, 0.29) is 17.8 Å². The van der Waals surface area contributed by atoms with Gasteiger partial charge in [-0.15, -0.1) is 6.58 Å². The second-order valence-corrected chi connectivity index (χ2v) is 9.64. The van der Waals surface area contributed by atoms with Gasteiger partial charge in [0.15, 0.2) is 23.2 Å². The number of hydrogen-bond donors (Lipinski definition) is 0. The van der Waals surface area contributed by atoms with Gasteiger partial charge in [0.1, 0.15) is 0 Å². The molecular weight excluding hydrogens is 473 g/mol. The Hall–Kier alpha value is -3.05. The van der Waals surface area contributed by atoms with E-state index in [0.717, 1.165) is 42.4 Å². The predicted octanol–water partition coefficient (Wildman–Crippen LogP) is 8.57. The summed E-state index contributed by atoms with van der Waals surface area (Å²) in [7, 11) is 0. The van der Waals surface area contributed by atoms with Crippen LogP contribution in [0.2, 0.25) is 0 Å². The number of ether oxygens (including phenoxy) is 2. The largest absolute Gasteiger partial charge is 0.490 e. The molecule has 0 spiro atoms. The van der Waals surface area contributed by atoms with E-state index in [4.69, 9.17) is 9.47 Å². The third kappa shape index (κ3) is 6.84. The number of benzene rings is 3. The van der Waals surface area contributed by atoms with Gasteiger partial charge in [-0.3, -0.25) is 0 Å². The molecule has 0 bridgehead atoms. The van der Waals surface area contributed by atoms with Gasteiger partial charge in [0.2, 0.25) is 0 Å². The van der Waals surface area contributed by atoms with Crippen molar-refractivity contribution in [2.24, 2.45) is 0 Å². The van der Waals surface area contributed by atoms with E-state index < -0.39 is 17.5 Å². The molecule has 0 atom stereocenters. The minimum absolute atomic E-state index is 0.0467. The van der Waals surface area contributed by atoms with Crippen molar-refractivity contribution in [1.29, 1.82) is 0 Å². The van der Waals surface area contributed by atoms with Gasteiger partial charge >= 0.3 is 0 Å². The molecule has 0 aliphatic heterocycles. The number of halogens is 3. The van der Waals surface area contributed by atoms with Crippen LogP contribution in [-0.4, -0.2) is 19.3 Å². The first kappa shape index (κ1) is 27.0. The molecule has 5 heteroatoms. The van der Waals surface area contributed by atoms with Gasteiger partial charge in [-0.2, -0.15) is 0 Å². The highest BCUT2D eigenvalue weighted by molar-refractivity contribution is 5.64. The molecule has 1 aliphatic carbocycles. The molecule has 3 aromatic rings. The van der Waals surface area contributed by atoms with Crippen LogP contribution in [0.15, 0.2) is 67.3 Å². The van der Waals surface area contributed by atoms with Crippen molar-refractivity contribution in [3.8, 4) is 16.9 Å². The number of hydrogen-bond acceptors (Lipinski definition) is 2. The summed E-state index contributed by atoms with van der Waals surface area (Å²) in [5.74, 6) is -1.57. The summed E-state index contributed by atoms with van der Waals surface area (Å²) in [5, 5.41) is 0. The van der Waals surface area contributed by atoms with E-state index in [9.17, 15) is 13.2 Å². The lowest BCUT2D eigenvalue weighted by molar-refractivity contribution is 0.0325. The van der Waals surface area contributed by atoms with Crippen LogP contribution < -0.4 is 4.74 Å². The molecule has 0 aromatic heterocycles. The van der Waals surface area contributed by atoms with E-state index in [0.29, 0.717) is 43.6 Å². The zero-order valence-electron chi connectivity index (χ0n) is 21.4. The first-order valence-corrected chi connectivity index (χ1v) is 13.2. The smallest absolute Gasteiger partial charge is 0.165 e. The van der Waals surface area contributed by atoms with E-state index >= 15 is 0 Å². The van der Waals surface area contributed by atoms with E-state index in [1.807, 2.05) is 37.3 Å². The fourth-order valence-electron chi connectivity index (χ4n) is 5.08. The average Bonchev–Trinajstić information content (AvgIpc) is 2.92. The Morgan fingerprint density at radius 3 is 2.27 bits per heavy atom. The van der Waals surface area contributed by atoms with Crippen LogP contribution in [0.3, 0.4) is 0 Å². The lowest BCUT2D eigenvalue weighted by atomic mass is 9.82. The minimum atomic E-state index is -0.730. The van der Waals surface area contributed by atoms with Gasteiger partial charge in [-0.1, -0.05) is 48.5 Å². The fraction of sp³-hybridized carbons (Fsp3) is 0.375. The van der Waals surface area contributed by atoms with Crippen LogP contribution in [0, 0.1) is 17.5 Å². The zero-order valence-corrected chi connectivity index (χ0v) is 21.4. The standard InChI is InChI=1S/C32H35F3O2/c1-3-5-20-37-30-19-15-26(21-29(30)33)23-9-6-22(7-10-23)8-11-25-14-18-28(32(35)31(25)34)24-12-16-27(17-13-24)36-4-2/h3,6-7,9-10,14-15,18-19,21,24,27H,1,4-5,8,11-13,16-17,20H2,2H3. The maximum absolute atomic E-state index is 15.0. The highest BCUT2D eigenvalue weighted by Crippen LogP contribution is 2.36. The van der Waals surface area contributed by atoms with Crippen LogP contribution in [0.1, 0.15) is 61.6 Å². The van der Waals surface area contributed by atoms with Crippen molar-refractivity contribution in [2.75, 3.05) is 13.2 Å². The van der Waals surface area contributed by atoms with Gasteiger partial charge in [0.25, 0.3) is 0 Å². The quantitative estimate of drug-likeness (QED) is 0.191. The van der Waals surface area contributed by atoms with Crippen molar-refractivity contribution in [3.63, 3.8) is 0 Å². The lowest BCUT2D eigenvalue weighted by Crippen LogP contribution is -2.21. The monoisotopic (exact) mass is 508 g/mol. The van der Waals surface area contributed by atoms with E-state index in [2.05, 4.69) is 6.58 Å². The SMILES string of the molecule is C=CCCOc1ccc(-c2ccc(CCc3ccc(C4CCC(OCC)CC4)c(F)c3F)cc2)cc1F. The van der Waals surface area contributed by atoms with Crippen molar-refractivity contribution in [3.05, 3.63) is 101 Å². The number of aryl methyl sites for hydroxylation is 2. The average molecular weight is 509 g/mol. The van der Waals surface area contributed by atoms with E-state index in [1.165, 1.54) is 6.07 Å². The van der Waals surface area contributed by atoms with Crippen LogP contribution in [0.5, 0.6) is 5.75 Å². The molecule has 0 amide bonds. The topological polar surface area (TPSA) is 18.5 Å². The first-order chi connectivity index (χ1) is 18.0. The van der Waals surface area contributed by atoms with E-state index in [1.54, 1.807) is 24.3 Å². The molecule has 0 N–H and O–H groups in total. The van der Waals surface area contributed by atoms with Gasteiger partial charge in [-0.25, -0.2) is 13.2 Å². The summed E-state index contributed by atoms with van der Waals surface area (Å²) in [5.41, 5.74) is 3.51. The van der Waals surface area contributed by atoms with Crippen molar-refractivity contribution in [2.45, 2.75) is 63.9 Å². The van der Waals surface area contributed by atoms with Gasteiger partial charge in [0.05, 0.1) is 12.7 Å². The second kappa shape index (κ2) is 13.0. The third-order valence-electron chi connectivity index (χ3n) is 7.19. The summed E-state index contributed by atoms with van der Waals surface area (Å²) in [4.78, 5) is 0. The van der Waals surface area contributed by atoms with Gasteiger partial charge in [0, 0.05) is 6.61 Å². The minimum Gasteiger partial charge on any atom is -0.490 e. The van der Waals surface area contributed by atoms with Crippen LogP contribution in [0.4, 0.5) is 13.2 Å². The molecule has 1 aliphatic rings. The summed E-state index contributed by atoms with van der Waals surface area (Å²) in [6.07, 6.45) is 7.02. The molecule has 0 heterocycles. The predicted molar refractivity (Wildman–Crippen MR) is 143 cm³/mol. The lowest BCUT2D eigenvalue weighted by Gasteiger charge is -2.29. The normalized spacial score (nSPS) is 17.5. The summed E-state index contributed by atoms with van der Waals surface area (Å²) < 4.78 is 55.4. The molecule has 4 rings (SSSR count). The maximum Gasteiger partial charge on any atom is 0.165 e. The Morgan fingerprint density at radius 1 is 0.865 bits per heavy atom. The highest BCUT2D eigenvalue weighted by Gasteiger charge is 2.26. The van der Waals surface area contributed by atoms with Crippen LogP contribution in [0.25, 0.3) is 11.1 Å². The molecule has 0 saturated heterocycles. The van der Waals surface area contributed by atoms with Crippen molar-refractivity contribution >= 4 is 0 Å². The molecule has 196 valence electrons. The first-order valence-electron chi connectivity index (χ1n) is 13.2. The summed E-state index contributed by atoms with van der Waals surface area (Å²) >= 11 is 0. The zero-order chi connectivity index (χ0) is 26.2. The molecule has 37 heavy (non-hydrogen) atoms. The van der Waals surface area contributed by atoms with Gasteiger partial charge < -0.3 is 9.47 Å². The Labute approximate surface area is 218 Å². The fourth-order valence-corrected chi connectivity index (χ4v) is 5.08. The van der Waals surface area contributed by atoms with Crippen molar-refractivity contribution < 1.29 is 22.6 Å². The molecule has 1 saturated carbocycles. The number of rotatable bonds is 11. The van der Waals surface area contributed by atoms with Gasteiger partial charge in [-0.05, 0) is 97.7 Å². The summed E-state index contributed by atoms with van der Waals surface area (Å²) in [6, 6.07) is 16.1. The second-order valence-electron chi connectivity index (χ2n) is 9.64. The van der Waals surface area contributed by atoms with Crippen molar-refractivity contribution in [1.82, 2.24) is 0 Å². The van der Waals surface area contributed by atoms with Crippen LogP contribution in [-0.2, 0) is 17.6 Å². The Balaban J connectivity index is 1.36. The third-order valence-corrected chi connectivity index (χ3v) is 7.19. The Kier molecular flexibility index (Phi) is 9.45. The maximum atomic E-state index is 15.0. The molecule has 1 fully saturated rings. The molecule has 3 aromatic carbocycles. The van der Waals surface area contributed by atoms with Crippen LogP contribution >= 0.6 is 0 Å². The Morgan fingerprint density at radius 2 is 1.59 bits per heavy atom. The summed E-state index contributed by atoms with van der Waals surface area (Å²) in [6.45, 7) is 6.69. The molecule has 0 unspecified atom stereocenters.